The molecular weight excluding hydrogens is 274 g/mol. The molecule has 0 bridgehead atoms. The second kappa shape index (κ2) is 7.28. The molecule has 0 saturated heterocycles. The van der Waals surface area contributed by atoms with Crippen LogP contribution in [0.2, 0.25) is 0 Å². The number of para-hydroxylation sites is 1. The van der Waals surface area contributed by atoms with Crippen molar-refractivity contribution in [2.24, 2.45) is 0 Å². The molecule has 0 aliphatic carbocycles. The second-order valence-corrected chi connectivity index (χ2v) is 5.24. The number of rotatable bonds is 5. The van der Waals surface area contributed by atoms with Gasteiger partial charge in [0.15, 0.2) is 0 Å². The number of nitrogens with zero attached hydrogens (tertiary/aromatic N) is 2. The van der Waals surface area contributed by atoms with Gasteiger partial charge in [0.2, 0.25) is 5.91 Å². The lowest BCUT2D eigenvalue weighted by Crippen LogP contribution is -2.40. The van der Waals surface area contributed by atoms with E-state index in [-0.39, 0.29) is 18.5 Å². The zero-order valence-electron chi connectivity index (χ0n) is 12.8. The summed E-state index contributed by atoms with van der Waals surface area (Å²) >= 11 is 0. The molecule has 1 amide bonds. The normalized spacial score (nSPS) is 10.1. The smallest absolute Gasteiger partial charge is 0.246 e. The van der Waals surface area contributed by atoms with Crippen molar-refractivity contribution in [3.63, 3.8) is 0 Å². The Kier molecular flexibility index (Phi) is 5.16. The summed E-state index contributed by atoms with van der Waals surface area (Å²) in [7, 11) is 0. The minimum atomic E-state index is 0.00515. The van der Waals surface area contributed by atoms with Gasteiger partial charge in [0.25, 0.3) is 0 Å². The van der Waals surface area contributed by atoms with Crippen molar-refractivity contribution in [2.75, 3.05) is 16.8 Å². The molecule has 2 aromatic carbocycles. The van der Waals surface area contributed by atoms with Gasteiger partial charge >= 0.3 is 0 Å². The maximum Gasteiger partial charge on any atom is 0.246 e. The summed E-state index contributed by atoms with van der Waals surface area (Å²) in [6, 6.07) is 18.8. The summed E-state index contributed by atoms with van der Waals surface area (Å²) in [6.45, 7) is 4.19. The molecule has 0 heterocycles. The third-order valence-corrected chi connectivity index (χ3v) is 3.28. The van der Waals surface area contributed by atoms with E-state index in [9.17, 15) is 4.79 Å². The third-order valence-electron chi connectivity index (χ3n) is 3.28. The number of carbonyl (C=O) groups is 1. The monoisotopic (exact) mass is 293 g/mol. The minimum absolute atomic E-state index is 0.00515. The molecule has 0 atom stereocenters. The van der Waals surface area contributed by atoms with Gasteiger partial charge in [-0.05, 0) is 50.2 Å². The molecular formula is C18H19N3O. The van der Waals surface area contributed by atoms with E-state index < -0.39 is 0 Å². The minimum Gasteiger partial charge on any atom is -0.376 e. The standard InChI is InChI=1S/C18H19N3O/c1-14(2)21(17-6-4-3-5-7-17)18(22)13-20-16-10-8-15(12-19)9-11-16/h3-11,14,20H,13H2,1-2H3. The number of hydrogen-bond donors (Lipinski definition) is 1. The second-order valence-electron chi connectivity index (χ2n) is 5.24. The molecule has 0 radical (unpaired) electrons. The Hall–Kier alpha value is -2.80. The van der Waals surface area contributed by atoms with E-state index in [0.29, 0.717) is 5.56 Å². The van der Waals surface area contributed by atoms with E-state index in [4.69, 9.17) is 5.26 Å². The predicted octanol–water partition coefficient (Wildman–Crippen LogP) is 3.41. The topological polar surface area (TPSA) is 56.1 Å². The number of nitriles is 1. The summed E-state index contributed by atoms with van der Waals surface area (Å²) in [4.78, 5) is 14.3. The lowest BCUT2D eigenvalue weighted by Gasteiger charge is -2.27. The first-order valence-electron chi connectivity index (χ1n) is 7.23. The molecule has 0 unspecified atom stereocenters. The van der Waals surface area contributed by atoms with Gasteiger partial charge in [-0.2, -0.15) is 5.26 Å². The molecule has 2 rings (SSSR count). The van der Waals surface area contributed by atoms with Crippen LogP contribution in [0.5, 0.6) is 0 Å². The van der Waals surface area contributed by atoms with Gasteiger partial charge in [0.05, 0.1) is 18.2 Å². The molecule has 0 fully saturated rings. The number of nitrogens with one attached hydrogen (secondary N) is 1. The van der Waals surface area contributed by atoms with Crippen molar-refractivity contribution < 1.29 is 4.79 Å². The Bertz CT molecular complexity index is 657. The number of hydrogen-bond acceptors (Lipinski definition) is 3. The third kappa shape index (κ3) is 3.86. The van der Waals surface area contributed by atoms with Crippen molar-refractivity contribution in [1.29, 1.82) is 5.26 Å². The van der Waals surface area contributed by atoms with Crippen LogP contribution >= 0.6 is 0 Å². The average Bonchev–Trinajstić information content (AvgIpc) is 2.54. The number of anilines is 2. The zero-order chi connectivity index (χ0) is 15.9. The van der Waals surface area contributed by atoms with Crippen molar-refractivity contribution >= 4 is 17.3 Å². The lowest BCUT2D eigenvalue weighted by atomic mass is 10.2. The van der Waals surface area contributed by atoms with Crippen LogP contribution in [-0.2, 0) is 4.79 Å². The number of benzene rings is 2. The molecule has 4 heteroatoms. The summed E-state index contributed by atoms with van der Waals surface area (Å²) in [5.74, 6) is 0.00515. The summed E-state index contributed by atoms with van der Waals surface area (Å²) in [5, 5.41) is 11.9. The molecule has 0 aliphatic heterocycles. The van der Waals surface area contributed by atoms with Crippen LogP contribution in [0.3, 0.4) is 0 Å². The first kappa shape index (κ1) is 15.6. The number of amides is 1. The lowest BCUT2D eigenvalue weighted by molar-refractivity contribution is -0.117. The highest BCUT2D eigenvalue weighted by molar-refractivity contribution is 5.96. The fourth-order valence-corrected chi connectivity index (χ4v) is 2.24. The van der Waals surface area contributed by atoms with Crippen LogP contribution < -0.4 is 10.2 Å². The van der Waals surface area contributed by atoms with Gasteiger partial charge in [-0.15, -0.1) is 0 Å². The molecule has 1 N–H and O–H groups in total. The van der Waals surface area contributed by atoms with Crippen molar-refractivity contribution in [2.45, 2.75) is 19.9 Å². The Morgan fingerprint density at radius 2 is 1.77 bits per heavy atom. The highest BCUT2D eigenvalue weighted by Gasteiger charge is 2.18. The predicted molar refractivity (Wildman–Crippen MR) is 88.7 cm³/mol. The first-order valence-corrected chi connectivity index (χ1v) is 7.23. The van der Waals surface area contributed by atoms with Crippen LogP contribution in [0.25, 0.3) is 0 Å². The molecule has 4 nitrogen and oxygen atoms in total. The van der Waals surface area contributed by atoms with Gasteiger partial charge in [0, 0.05) is 17.4 Å². The van der Waals surface area contributed by atoms with Gasteiger partial charge in [-0.3, -0.25) is 4.79 Å². The molecule has 0 aliphatic rings. The fraction of sp³-hybridized carbons (Fsp3) is 0.222. The molecule has 22 heavy (non-hydrogen) atoms. The van der Waals surface area contributed by atoms with Crippen LogP contribution in [-0.4, -0.2) is 18.5 Å². The molecule has 0 aromatic heterocycles. The quantitative estimate of drug-likeness (QED) is 0.919. The van der Waals surface area contributed by atoms with E-state index in [0.717, 1.165) is 11.4 Å². The maximum absolute atomic E-state index is 12.5. The Labute approximate surface area is 131 Å². The fourth-order valence-electron chi connectivity index (χ4n) is 2.24. The van der Waals surface area contributed by atoms with Crippen LogP contribution in [0, 0.1) is 11.3 Å². The van der Waals surface area contributed by atoms with E-state index >= 15 is 0 Å². The van der Waals surface area contributed by atoms with Gasteiger partial charge in [-0.1, -0.05) is 18.2 Å². The van der Waals surface area contributed by atoms with Crippen molar-refractivity contribution in [3.8, 4) is 6.07 Å². The molecule has 2 aromatic rings. The summed E-state index contributed by atoms with van der Waals surface area (Å²) in [5.41, 5.74) is 2.32. The molecule has 0 spiro atoms. The summed E-state index contributed by atoms with van der Waals surface area (Å²) < 4.78 is 0. The highest BCUT2D eigenvalue weighted by Crippen LogP contribution is 2.17. The summed E-state index contributed by atoms with van der Waals surface area (Å²) in [6.07, 6.45) is 0. The number of carbonyl (C=O) groups excluding carboxylic acids is 1. The van der Waals surface area contributed by atoms with E-state index in [1.807, 2.05) is 44.2 Å². The average molecular weight is 293 g/mol. The van der Waals surface area contributed by atoms with Gasteiger partial charge in [0.1, 0.15) is 0 Å². The zero-order valence-corrected chi connectivity index (χ0v) is 12.8. The van der Waals surface area contributed by atoms with Crippen molar-refractivity contribution in [1.82, 2.24) is 0 Å². The van der Waals surface area contributed by atoms with Gasteiger partial charge < -0.3 is 10.2 Å². The SMILES string of the molecule is CC(C)N(C(=O)CNc1ccc(C#N)cc1)c1ccccc1. The molecule has 0 saturated carbocycles. The van der Waals surface area contributed by atoms with Crippen LogP contribution in [0.15, 0.2) is 54.6 Å². The van der Waals surface area contributed by atoms with E-state index in [1.54, 1.807) is 29.2 Å². The van der Waals surface area contributed by atoms with Gasteiger partial charge in [-0.25, -0.2) is 0 Å². The first-order chi connectivity index (χ1) is 10.6. The van der Waals surface area contributed by atoms with Crippen LogP contribution in [0.4, 0.5) is 11.4 Å². The van der Waals surface area contributed by atoms with Crippen molar-refractivity contribution in [3.05, 3.63) is 60.2 Å². The Balaban J connectivity index is 2.04. The Morgan fingerprint density at radius 3 is 2.32 bits per heavy atom. The van der Waals surface area contributed by atoms with E-state index in [1.165, 1.54) is 0 Å². The van der Waals surface area contributed by atoms with E-state index in [2.05, 4.69) is 11.4 Å². The largest absolute Gasteiger partial charge is 0.376 e. The molecule has 112 valence electrons. The maximum atomic E-state index is 12.5. The Morgan fingerprint density at radius 1 is 1.14 bits per heavy atom. The van der Waals surface area contributed by atoms with Crippen LogP contribution in [0.1, 0.15) is 19.4 Å². The highest BCUT2D eigenvalue weighted by atomic mass is 16.2.